The lowest BCUT2D eigenvalue weighted by Crippen LogP contribution is -2.47. The molecule has 3 rings (SSSR count). The van der Waals surface area contributed by atoms with Gasteiger partial charge in [0.05, 0.1) is 7.11 Å². The maximum atomic E-state index is 13.0. The first kappa shape index (κ1) is 22.1. The SMILES string of the molecule is COc1ccc(C(C)C)cc1S(=O)(=O)Nc1ccc(C(=O)N2CCN(C)CC2)cc1. The Morgan fingerprint density at radius 3 is 2.23 bits per heavy atom. The van der Waals surface area contributed by atoms with Crippen LogP contribution in [0.25, 0.3) is 0 Å². The molecule has 0 unspecified atom stereocenters. The molecule has 1 fully saturated rings. The van der Waals surface area contributed by atoms with Crippen molar-refractivity contribution in [1.82, 2.24) is 9.80 Å². The average Bonchev–Trinajstić information content (AvgIpc) is 2.73. The summed E-state index contributed by atoms with van der Waals surface area (Å²) in [5.74, 6) is 0.433. The van der Waals surface area contributed by atoms with E-state index in [0.29, 0.717) is 24.3 Å². The van der Waals surface area contributed by atoms with Crippen LogP contribution in [0.1, 0.15) is 35.7 Å². The molecule has 0 atom stereocenters. The number of ether oxygens (including phenoxy) is 1. The highest BCUT2D eigenvalue weighted by Gasteiger charge is 2.23. The van der Waals surface area contributed by atoms with Crippen molar-refractivity contribution in [3.8, 4) is 5.75 Å². The van der Waals surface area contributed by atoms with Crippen molar-refractivity contribution in [2.24, 2.45) is 0 Å². The monoisotopic (exact) mass is 431 g/mol. The summed E-state index contributed by atoms with van der Waals surface area (Å²) in [5.41, 5.74) is 1.84. The fourth-order valence-corrected chi connectivity index (χ4v) is 4.61. The molecule has 0 spiro atoms. The highest BCUT2D eigenvalue weighted by atomic mass is 32.2. The smallest absolute Gasteiger partial charge is 0.265 e. The zero-order valence-corrected chi connectivity index (χ0v) is 18.7. The predicted octanol–water partition coefficient (Wildman–Crippen LogP) is 3.01. The third-order valence-electron chi connectivity index (χ3n) is 5.32. The van der Waals surface area contributed by atoms with Crippen LogP contribution in [-0.2, 0) is 10.0 Å². The highest BCUT2D eigenvalue weighted by molar-refractivity contribution is 7.92. The van der Waals surface area contributed by atoms with E-state index in [2.05, 4.69) is 9.62 Å². The van der Waals surface area contributed by atoms with E-state index in [4.69, 9.17) is 4.74 Å². The molecule has 2 aromatic carbocycles. The third kappa shape index (κ3) is 4.94. The van der Waals surface area contributed by atoms with Crippen LogP contribution in [0.5, 0.6) is 5.75 Å². The number of nitrogens with zero attached hydrogens (tertiary/aromatic N) is 2. The van der Waals surface area contributed by atoms with Crippen LogP contribution >= 0.6 is 0 Å². The number of amides is 1. The summed E-state index contributed by atoms with van der Waals surface area (Å²) in [6, 6.07) is 11.7. The van der Waals surface area contributed by atoms with Gasteiger partial charge in [-0.05, 0) is 54.9 Å². The van der Waals surface area contributed by atoms with Gasteiger partial charge in [-0.25, -0.2) is 8.42 Å². The molecule has 162 valence electrons. The van der Waals surface area contributed by atoms with Gasteiger partial charge in [0.2, 0.25) is 0 Å². The topological polar surface area (TPSA) is 78.9 Å². The summed E-state index contributed by atoms with van der Waals surface area (Å²) in [7, 11) is -0.365. The molecule has 1 aliphatic rings. The molecule has 1 heterocycles. The number of benzene rings is 2. The molecule has 2 aromatic rings. The molecule has 1 saturated heterocycles. The molecule has 7 nitrogen and oxygen atoms in total. The first-order chi connectivity index (χ1) is 14.2. The molecule has 0 bridgehead atoms. The molecular formula is C22H29N3O4S. The number of rotatable bonds is 6. The standard InChI is InChI=1S/C22H29N3O4S/c1-16(2)18-7-10-20(29-4)21(15-18)30(27,28)23-19-8-5-17(6-9-19)22(26)25-13-11-24(3)12-14-25/h5-10,15-16,23H,11-14H2,1-4H3. The van der Waals surface area contributed by atoms with Crippen LogP contribution in [0.4, 0.5) is 5.69 Å². The summed E-state index contributed by atoms with van der Waals surface area (Å²) < 4.78 is 33.8. The van der Waals surface area contributed by atoms with E-state index in [0.717, 1.165) is 18.7 Å². The summed E-state index contributed by atoms with van der Waals surface area (Å²) in [6.07, 6.45) is 0. The second kappa shape index (κ2) is 9.06. The number of nitrogens with one attached hydrogen (secondary N) is 1. The quantitative estimate of drug-likeness (QED) is 0.761. The minimum Gasteiger partial charge on any atom is -0.495 e. The lowest BCUT2D eigenvalue weighted by molar-refractivity contribution is 0.0664. The van der Waals surface area contributed by atoms with Gasteiger partial charge in [-0.15, -0.1) is 0 Å². The Morgan fingerprint density at radius 2 is 1.67 bits per heavy atom. The van der Waals surface area contributed by atoms with E-state index in [1.54, 1.807) is 36.4 Å². The summed E-state index contributed by atoms with van der Waals surface area (Å²) in [6.45, 7) is 7.08. The van der Waals surface area contributed by atoms with E-state index >= 15 is 0 Å². The average molecular weight is 432 g/mol. The summed E-state index contributed by atoms with van der Waals surface area (Å²) >= 11 is 0. The number of likely N-dealkylation sites (N-methyl/N-ethyl adjacent to an activating group) is 1. The van der Waals surface area contributed by atoms with Gasteiger partial charge in [0.15, 0.2) is 0 Å². The zero-order valence-electron chi connectivity index (χ0n) is 17.9. The Balaban J connectivity index is 1.78. The van der Waals surface area contributed by atoms with Crippen molar-refractivity contribution >= 4 is 21.6 Å². The molecule has 1 N–H and O–H groups in total. The number of carbonyl (C=O) groups excluding carboxylic acids is 1. The largest absolute Gasteiger partial charge is 0.495 e. The number of carbonyl (C=O) groups is 1. The molecule has 0 aliphatic carbocycles. The van der Waals surface area contributed by atoms with Crippen molar-refractivity contribution in [1.29, 1.82) is 0 Å². The highest BCUT2D eigenvalue weighted by Crippen LogP contribution is 2.29. The Morgan fingerprint density at radius 1 is 1.03 bits per heavy atom. The van der Waals surface area contributed by atoms with Crippen molar-refractivity contribution in [2.75, 3.05) is 45.1 Å². The molecule has 8 heteroatoms. The van der Waals surface area contributed by atoms with E-state index in [9.17, 15) is 13.2 Å². The Bertz CT molecular complexity index is 996. The molecule has 30 heavy (non-hydrogen) atoms. The van der Waals surface area contributed by atoms with Crippen molar-refractivity contribution in [3.63, 3.8) is 0 Å². The van der Waals surface area contributed by atoms with E-state index in [-0.39, 0.29) is 22.5 Å². The molecule has 1 aliphatic heterocycles. The second-order valence-corrected chi connectivity index (χ2v) is 9.49. The molecule has 0 saturated carbocycles. The molecule has 0 aromatic heterocycles. The van der Waals surface area contributed by atoms with Gasteiger partial charge in [-0.3, -0.25) is 9.52 Å². The van der Waals surface area contributed by atoms with Gasteiger partial charge in [0.25, 0.3) is 15.9 Å². The minimum absolute atomic E-state index is 0.0381. The number of hydrogen-bond donors (Lipinski definition) is 1. The fraction of sp³-hybridized carbons (Fsp3) is 0.409. The third-order valence-corrected chi connectivity index (χ3v) is 6.72. The second-order valence-electron chi connectivity index (χ2n) is 7.84. The minimum atomic E-state index is -3.85. The van der Waals surface area contributed by atoms with Crippen molar-refractivity contribution < 1.29 is 17.9 Å². The van der Waals surface area contributed by atoms with Gasteiger partial charge in [-0.2, -0.15) is 0 Å². The van der Waals surface area contributed by atoms with Gasteiger partial charge < -0.3 is 14.5 Å². The van der Waals surface area contributed by atoms with Gasteiger partial charge in [-0.1, -0.05) is 19.9 Å². The Labute approximate surface area is 178 Å². The fourth-order valence-electron chi connectivity index (χ4n) is 3.35. The first-order valence-electron chi connectivity index (χ1n) is 10.00. The zero-order chi connectivity index (χ0) is 21.9. The van der Waals surface area contributed by atoms with Crippen LogP contribution in [0, 0.1) is 0 Å². The van der Waals surface area contributed by atoms with Crippen LogP contribution in [0.2, 0.25) is 0 Å². The number of methoxy groups -OCH3 is 1. The molecular weight excluding hydrogens is 402 g/mol. The Kier molecular flexibility index (Phi) is 6.67. The van der Waals surface area contributed by atoms with Crippen LogP contribution in [0.3, 0.4) is 0 Å². The number of anilines is 1. The number of piperazine rings is 1. The molecule has 1 amide bonds. The first-order valence-corrected chi connectivity index (χ1v) is 11.5. The Hall–Kier alpha value is -2.58. The van der Waals surface area contributed by atoms with E-state index in [1.165, 1.54) is 7.11 Å². The van der Waals surface area contributed by atoms with E-state index in [1.807, 2.05) is 31.9 Å². The van der Waals surface area contributed by atoms with Crippen molar-refractivity contribution in [2.45, 2.75) is 24.7 Å². The number of hydrogen-bond acceptors (Lipinski definition) is 5. The maximum absolute atomic E-state index is 13.0. The summed E-state index contributed by atoms with van der Waals surface area (Å²) in [4.78, 5) is 16.8. The predicted molar refractivity (Wildman–Crippen MR) is 118 cm³/mol. The van der Waals surface area contributed by atoms with Crippen molar-refractivity contribution in [3.05, 3.63) is 53.6 Å². The molecule has 0 radical (unpaired) electrons. The van der Waals surface area contributed by atoms with Gasteiger partial charge in [0.1, 0.15) is 10.6 Å². The van der Waals surface area contributed by atoms with Crippen LogP contribution in [0.15, 0.2) is 47.4 Å². The van der Waals surface area contributed by atoms with E-state index < -0.39 is 10.0 Å². The van der Waals surface area contributed by atoms with Gasteiger partial charge >= 0.3 is 0 Å². The van der Waals surface area contributed by atoms with Crippen LogP contribution < -0.4 is 9.46 Å². The summed E-state index contributed by atoms with van der Waals surface area (Å²) in [5, 5.41) is 0. The lowest BCUT2D eigenvalue weighted by Gasteiger charge is -2.32. The van der Waals surface area contributed by atoms with Gasteiger partial charge in [0, 0.05) is 37.4 Å². The normalized spacial score (nSPS) is 15.3. The number of sulfonamides is 1. The van der Waals surface area contributed by atoms with Crippen LogP contribution in [-0.4, -0.2) is 64.5 Å². The lowest BCUT2D eigenvalue weighted by atomic mass is 10.0. The maximum Gasteiger partial charge on any atom is 0.265 e.